The Hall–Kier alpha value is -3.37. The van der Waals surface area contributed by atoms with Crippen LogP contribution in [-0.2, 0) is 4.79 Å². The van der Waals surface area contributed by atoms with E-state index in [1.165, 1.54) is 23.1 Å². The van der Waals surface area contributed by atoms with Crippen molar-refractivity contribution < 1.29 is 14.3 Å². The largest absolute Gasteiger partial charge is 0.497 e. The first-order chi connectivity index (χ1) is 16.6. The number of thioether (sulfide) groups is 1. The molecule has 2 unspecified atom stereocenters. The zero-order chi connectivity index (χ0) is 23.9. The van der Waals surface area contributed by atoms with E-state index in [1.807, 2.05) is 78.4 Å². The molecule has 1 amide bonds. The van der Waals surface area contributed by atoms with Gasteiger partial charge < -0.3 is 14.8 Å². The minimum absolute atomic E-state index is 0.117. The molecule has 0 spiro atoms. The number of para-hydroxylation sites is 1. The topological polar surface area (TPSA) is 91.2 Å². The molecule has 2 aromatic heterocycles. The van der Waals surface area contributed by atoms with Gasteiger partial charge in [-0.2, -0.15) is 0 Å². The van der Waals surface area contributed by atoms with Crippen LogP contribution in [0.15, 0.2) is 71.3 Å². The number of benzene rings is 2. The molecule has 1 N–H and O–H groups in total. The van der Waals surface area contributed by atoms with Gasteiger partial charge >= 0.3 is 0 Å². The Balaban J connectivity index is 1.60. The average molecular weight is 496 g/mol. The van der Waals surface area contributed by atoms with Crippen LogP contribution in [0.2, 0.25) is 0 Å². The lowest BCUT2D eigenvalue weighted by atomic mass is 10.3. The highest BCUT2D eigenvalue weighted by Crippen LogP contribution is 2.31. The van der Waals surface area contributed by atoms with Crippen LogP contribution >= 0.6 is 23.1 Å². The Morgan fingerprint density at radius 1 is 1.12 bits per heavy atom. The molecule has 0 saturated heterocycles. The number of rotatable bonds is 10. The predicted molar refractivity (Wildman–Crippen MR) is 134 cm³/mol. The van der Waals surface area contributed by atoms with Crippen molar-refractivity contribution in [2.45, 2.75) is 36.8 Å². The van der Waals surface area contributed by atoms with Gasteiger partial charge in [0.15, 0.2) is 22.2 Å². The van der Waals surface area contributed by atoms with E-state index in [9.17, 15) is 4.79 Å². The van der Waals surface area contributed by atoms with E-state index in [4.69, 9.17) is 9.47 Å². The van der Waals surface area contributed by atoms with Crippen LogP contribution < -0.4 is 14.8 Å². The van der Waals surface area contributed by atoms with E-state index in [1.54, 1.807) is 13.3 Å². The highest BCUT2D eigenvalue weighted by molar-refractivity contribution is 8.00. The molecule has 176 valence electrons. The van der Waals surface area contributed by atoms with Crippen LogP contribution in [0.1, 0.15) is 32.2 Å². The van der Waals surface area contributed by atoms with E-state index in [0.717, 1.165) is 11.4 Å². The van der Waals surface area contributed by atoms with Crippen LogP contribution in [0.4, 0.5) is 5.13 Å². The lowest BCUT2D eigenvalue weighted by Crippen LogP contribution is -2.25. The van der Waals surface area contributed by atoms with Crippen LogP contribution in [0.25, 0.3) is 5.69 Å². The molecule has 4 aromatic rings. The number of thiazole rings is 1. The summed E-state index contributed by atoms with van der Waals surface area (Å²) in [6.45, 7) is 3.90. The second-order valence-electron chi connectivity index (χ2n) is 7.29. The number of nitrogens with one attached hydrogen (secondary N) is 1. The van der Waals surface area contributed by atoms with Gasteiger partial charge in [0.25, 0.3) is 0 Å². The molecule has 2 heterocycles. The third-order valence-corrected chi connectivity index (χ3v) is 6.98. The first kappa shape index (κ1) is 23.8. The fourth-order valence-corrected chi connectivity index (χ4v) is 4.78. The van der Waals surface area contributed by atoms with Crippen LogP contribution in [0.3, 0.4) is 0 Å². The van der Waals surface area contributed by atoms with Crippen molar-refractivity contribution in [2.24, 2.45) is 0 Å². The monoisotopic (exact) mass is 495 g/mol. The summed E-state index contributed by atoms with van der Waals surface area (Å²) in [5.74, 6) is 1.97. The maximum Gasteiger partial charge on any atom is 0.239 e. The number of hydrogen-bond acceptors (Lipinski definition) is 8. The van der Waals surface area contributed by atoms with Gasteiger partial charge in [0.05, 0.1) is 12.4 Å². The van der Waals surface area contributed by atoms with Gasteiger partial charge in [-0.15, -0.1) is 21.5 Å². The highest BCUT2D eigenvalue weighted by atomic mass is 32.2. The molecule has 2 atom stereocenters. The number of methoxy groups -OCH3 is 1. The lowest BCUT2D eigenvalue weighted by Gasteiger charge is -2.18. The number of ether oxygens (including phenoxy) is 2. The fourth-order valence-electron chi connectivity index (χ4n) is 3.27. The summed E-state index contributed by atoms with van der Waals surface area (Å²) < 4.78 is 13.3. The zero-order valence-electron chi connectivity index (χ0n) is 19.0. The van der Waals surface area contributed by atoms with Crippen molar-refractivity contribution in [3.63, 3.8) is 0 Å². The quantitative estimate of drug-likeness (QED) is 0.295. The Morgan fingerprint density at radius 3 is 2.50 bits per heavy atom. The van der Waals surface area contributed by atoms with Gasteiger partial charge in [-0.05, 0) is 49.7 Å². The summed E-state index contributed by atoms with van der Waals surface area (Å²) >= 11 is 2.76. The number of nitrogens with zero attached hydrogens (tertiary/aromatic N) is 4. The molecule has 0 saturated carbocycles. The maximum absolute atomic E-state index is 12.9. The van der Waals surface area contributed by atoms with E-state index >= 15 is 0 Å². The second kappa shape index (κ2) is 11.2. The van der Waals surface area contributed by atoms with E-state index in [2.05, 4.69) is 20.5 Å². The van der Waals surface area contributed by atoms with Crippen molar-refractivity contribution >= 4 is 34.1 Å². The molecule has 4 rings (SSSR count). The number of aromatic nitrogens is 4. The molecular weight excluding hydrogens is 470 g/mol. The van der Waals surface area contributed by atoms with Gasteiger partial charge in [0.2, 0.25) is 5.91 Å². The Labute approximate surface area is 206 Å². The number of carbonyl (C=O) groups is 1. The first-order valence-electron chi connectivity index (χ1n) is 10.8. The smallest absolute Gasteiger partial charge is 0.239 e. The van der Waals surface area contributed by atoms with Gasteiger partial charge in [-0.1, -0.05) is 36.9 Å². The molecule has 0 aliphatic heterocycles. The molecule has 0 radical (unpaired) electrons. The fraction of sp³-hybridized carbons (Fsp3) is 0.250. The summed E-state index contributed by atoms with van der Waals surface area (Å²) in [5.41, 5.74) is 0.894. The second-order valence-corrected chi connectivity index (χ2v) is 9.35. The molecule has 8 nitrogen and oxygen atoms in total. The molecule has 0 bridgehead atoms. The SMILES string of the molecule is CCC(Sc1nnc(C(C)Oc2ccc(OC)cc2)n1-c1ccccc1)C(=O)Nc1nccs1. The van der Waals surface area contributed by atoms with Crippen molar-refractivity contribution in [1.82, 2.24) is 19.7 Å². The van der Waals surface area contributed by atoms with Crippen molar-refractivity contribution in [3.05, 3.63) is 72.0 Å². The molecule has 10 heteroatoms. The minimum Gasteiger partial charge on any atom is -0.497 e. The average Bonchev–Trinajstić information content (AvgIpc) is 3.53. The Bertz CT molecular complexity index is 1200. The number of carbonyl (C=O) groups excluding carboxylic acids is 1. The van der Waals surface area contributed by atoms with Crippen LogP contribution in [-0.4, -0.2) is 38.0 Å². The predicted octanol–water partition coefficient (Wildman–Crippen LogP) is 5.38. The lowest BCUT2D eigenvalue weighted by molar-refractivity contribution is -0.115. The summed E-state index contributed by atoms with van der Waals surface area (Å²) in [5, 5.41) is 14.4. The maximum atomic E-state index is 12.9. The summed E-state index contributed by atoms with van der Waals surface area (Å²) in [6.07, 6.45) is 1.90. The number of amides is 1. The van der Waals surface area contributed by atoms with Crippen LogP contribution in [0.5, 0.6) is 11.5 Å². The van der Waals surface area contributed by atoms with Crippen molar-refractivity contribution in [3.8, 4) is 17.2 Å². The Morgan fingerprint density at radius 2 is 1.85 bits per heavy atom. The third kappa shape index (κ3) is 5.57. The van der Waals surface area contributed by atoms with E-state index in [0.29, 0.717) is 28.3 Å². The van der Waals surface area contributed by atoms with E-state index < -0.39 is 0 Å². The molecule has 2 aromatic carbocycles. The first-order valence-corrected chi connectivity index (χ1v) is 12.5. The highest BCUT2D eigenvalue weighted by Gasteiger charge is 2.26. The van der Waals surface area contributed by atoms with Gasteiger partial charge in [0.1, 0.15) is 11.5 Å². The molecule has 0 aliphatic rings. The van der Waals surface area contributed by atoms with Crippen LogP contribution in [0, 0.1) is 0 Å². The number of anilines is 1. The number of hydrogen-bond donors (Lipinski definition) is 1. The van der Waals surface area contributed by atoms with Gasteiger partial charge in [0, 0.05) is 17.3 Å². The normalized spacial score (nSPS) is 12.7. The summed E-state index contributed by atoms with van der Waals surface area (Å²) in [4.78, 5) is 17.0. The van der Waals surface area contributed by atoms with E-state index in [-0.39, 0.29) is 17.3 Å². The standard InChI is InChI=1S/C24H25N5O3S2/c1-4-20(22(30)26-23-25-14-15-33-23)34-24-28-27-21(29(24)17-8-6-5-7-9-17)16(2)32-19-12-10-18(31-3)11-13-19/h5-16,20H,4H2,1-3H3,(H,25,26,30). The van der Waals surface area contributed by atoms with Gasteiger partial charge in [-0.25, -0.2) is 4.98 Å². The van der Waals surface area contributed by atoms with Crippen molar-refractivity contribution in [2.75, 3.05) is 12.4 Å². The van der Waals surface area contributed by atoms with Crippen molar-refractivity contribution in [1.29, 1.82) is 0 Å². The molecule has 34 heavy (non-hydrogen) atoms. The zero-order valence-corrected chi connectivity index (χ0v) is 20.7. The Kier molecular flexibility index (Phi) is 7.81. The third-order valence-electron chi connectivity index (χ3n) is 4.98. The molecule has 0 fully saturated rings. The minimum atomic E-state index is -0.389. The summed E-state index contributed by atoms with van der Waals surface area (Å²) in [7, 11) is 1.63. The van der Waals surface area contributed by atoms with Gasteiger partial charge in [-0.3, -0.25) is 9.36 Å². The molecular formula is C24H25N5O3S2. The summed E-state index contributed by atoms with van der Waals surface area (Å²) in [6, 6.07) is 17.2. The molecule has 0 aliphatic carbocycles.